The van der Waals surface area contributed by atoms with Crippen molar-refractivity contribution in [1.29, 1.82) is 0 Å². The second-order valence-corrected chi connectivity index (χ2v) is 7.03. The molecule has 0 bridgehead atoms. The van der Waals surface area contributed by atoms with Gasteiger partial charge in [0.15, 0.2) is 0 Å². The van der Waals surface area contributed by atoms with Crippen LogP contribution in [0.5, 0.6) is 0 Å². The van der Waals surface area contributed by atoms with E-state index in [0.29, 0.717) is 17.1 Å². The third-order valence-corrected chi connectivity index (χ3v) is 4.22. The zero-order chi connectivity index (χ0) is 12.9. The Kier molecular flexibility index (Phi) is 5.02. The summed E-state index contributed by atoms with van der Waals surface area (Å²) >= 11 is 1.37. The molecular weight excluding hydrogens is 260 g/mol. The first kappa shape index (κ1) is 14.1. The van der Waals surface area contributed by atoms with Crippen molar-refractivity contribution in [2.75, 3.05) is 17.8 Å². The minimum absolute atomic E-state index is 0.134. The molecule has 0 unspecified atom stereocenters. The first-order chi connectivity index (χ1) is 7.90. The largest absolute Gasteiger partial charge is 0.478 e. The smallest absolute Gasteiger partial charge is 0.336 e. The molecule has 0 heterocycles. The molecule has 0 saturated carbocycles. The summed E-state index contributed by atoms with van der Waals surface area (Å²) in [6, 6.07) is 6.71. The molecule has 17 heavy (non-hydrogen) atoms. The van der Waals surface area contributed by atoms with Crippen LogP contribution in [0.3, 0.4) is 0 Å². The molecule has 0 spiro atoms. The minimum Gasteiger partial charge on any atom is -0.478 e. The molecule has 0 atom stereocenters. The molecule has 1 rings (SSSR count). The first-order valence-corrected chi connectivity index (χ1v) is 8.07. The predicted octanol–water partition coefficient (Wildman–Crippen LogP) is 1.91. The summed E-state index contributed by atoms with van der Waals surface area (Å²) in [5.74, 6) is -0.233. The van der Waals surface area contributed by atoms with Crippen molar-refractivity contribution in [2.45, 2.75) is 11.3 Å². The number of sulfone groups is 1. The van der Waals surface area contributed by atoms with Crippen molar-refractivity contribution in [1.82, 2.24) is 0 Å². The zero-order valence-corrected chi connectivity index (χ0v) is 11.1. The standard InChI is InChI=1S/C11H14O4S2/c1-17(14,15)8-4-7-16-10-6-3-2-5-9(10)11(12)13/h2-3,5-6H,4,7-8H2,1H3,(H,12,13). The highest BCUT2D eigenvalue weighted by Gasteiger charge is 2.09. The Morgan fingerprint density at radius 3 is 2.59 bits per heavy atom. The van der Waals surface area contributed by atoms with Gasteiger partial charge >= 0.3 is 5.97 Å². The Labute approximate surface area is 105 Å². The van der Waals surface area contributed by atoms with Crippen LogP contribution in [-0.2, 0) is 9.84 Å². The predicted molar refractivity (Wildman–Crippen MR) is 68.5 cm³/mol. The van der Waals surface area contributed by atoms with E-state index < -0.39 is 15.8 Å². The minimum atomic E-state index is -2.93. The molecule has 4 nitrogen and oxygen atoms in total. The maximum atomic E-state index is 10.9. The van der Waals surface area contributed by atoms with E-state index in [0.717, 1.165) is 0 Å². The quantitative estimate of drug-likeness (QED) is 0.634. The maximum absolute atomic E-state index is 10.9. The molecular formula is C11H14O4S2. The van der Waals surface area contributed by atoms with Crippen LogP contribution in [0.25, 0.3) is 0 Å². The molecule has 0 aliphatic heterocycles. The Morgan fingerprint density at radius 2 is 2.00 bits per heavy atom. The molecule has 0 aliphatic carbocycles. The lowest BCUT2D eigenvalue weighted by atomic mass is 10.2. The van der Waals surface area contributed by atoms with E-state index in [1.807, 2.05) is 0 Å². The van der Waals surface area contributed by atoms with Crippen molar-refractivity contribution >= 4 is 27.6 Å². The topological polar surface area (TPSA) is 71.4 Å². The highest BCUT2D eigenvalue weighted by molar-refractivity contribution is 7.99. The number of benzene rings is 1. The Hall–Kier alpha value is -1.01. The highest BCUT2D eigenvalue weighted by Crippen LogP contribution is 2.23. The van der Waals surface area contributed by atoms with Gasteiger partial charge in [-0.1, -0.05) is 12.1 Å². The van der Waals surface area contributed by atoms with Gasteiger partial charge < -0.3 is 5.11 Å². The summed E-state index contributed by atoms with van der Waals surface area (Å²) in [6.45, 7) is 0. The summed E-state index contributed by atoms with van der Waals surface area (Å²) < 4.78 is 21.8. The second-order valence-electron chi connectivity index (χ2n) is 3.63. The van der Waals surface area contributed by atoms with E-state index in [1.165, 1.54) is 18.0 Å². The third kappa shape index (κ3) is 5.23. The zero-order valence-electron chi connectivity index (χ0n) is 9.42. The third-order valence-electron chi connectivity index (χ3n) is 2.03. The lowest BCUT2D eigenvalue weighted by molar-refractivity contribution is 0.0693. The number of rotatable bonds is 6. The van der Waals surface area contributed by atoms with Crippen LogP contribution in [0.15, 0.2) is 29.2 Å². The van der Waals surface area contributed by atoms with Gasteiger partial charge in [-0.3, -0.25) is 0 Å². The van der Waals surface area contributed by atoms with Crippen molar-refractivity contribution in [3.63, 3.8) is 0 Å². The number of hydrogen-bond donors (Lipinski definition) is 1. The van der Waals surface area contributed by atoms with Gasteiger partial charge in [-0.2, -0.15) is 0 Å². The average molecular weight is 274 g/mol. The molecule has 0 saturated heterocycles. The van der Waals surface area contributed by atoms with Gasteiger partial charge in [0.1, 0.15) is 9.84 Å². The molecule has 0 radical (unpaired) electrons. The van der Waals surface area contributed by atoms with Crippen LogP contribution >= 0.6 is 11.8 Å². The maximum Gasteiger partial charge on any atom is 0.336 e. The first-order valence-electron chi connectivity index (χ1n) is 5.03. The van der Waals surface area contributed by atoms with Gasteiger partial charge in [-0.25, -0.2) is 13.2 Å². The van der Waals surface area contributed by atoms with Crippen LogP contribution < -0.4 is 0 Å². The van der Waals surface area contributed by atoms with Crippen molar-refractivity contribution in [3.8, 4) is 0 Å². The van der Waals surface area contributed by atoms with Crippen molar-refractivity contribution in [2.24, 2.45) is 0 Å². The van der Waals surface area contributed by atoms with Gasteiger partial charge in [-0.15, -0.1) is 11.8 Å². The Balaban J connectivity index is 2.55. The SMILES string of the molecule is CS(=O)(=O)CCCSc1ccccc1C(=O)O. The second kappa shape index (κ2) is 6.07. The van der Waals surface area contributed by atoms with Crippen molar-refractivity contribution < 1.29 is 18.3 Å². The number of carboxylic acids is 1. The summed E-state index contributed by atoms with van der Waals surface area (Å²) in [7, 11) is -2.93. The fourth-order valence-corrected chi connectivity index (χ4v) is 3.12. The van der Waals surface area contributed by atoms with E-state index in [4.69, 9.17) is 5.11 Å². The summed E-state index contributed by atoms with van der Waals surface area (Å²) in [4.78, 5) is 11.6. The highest BCUT2D eigenvalue weighted by atomic mass is 32.2. The number of carboxylic acid groups (broad SMARTS) is 1. The molecule has 94 valence electrons. The van der Waals surface area contributed by atoms with E-state index in [-0.39, 0.29) is 11.3 Å². The van der Waals surface area contributed by atoms with E-state index in [1.54, 1.807) is 24.3 Å². The van der Waals surface area contributed by atoms with Crippen LogP contribution in [0.4, 0.5) is 0 Å². The lowest BCUT2D eigenvalue weighted by Crippen LogP contribution is -2.04. The van der Waals surface area contributed by atoms with Crippen LogP contribution in [0.1, 0.15) is 16.8 Å². The molecule has 1 aromatic rings. The number of thioether (sulfide) groups is 1. The molecule has 6 heteroatoms. The number of aromatic carboxylic acids is 1. The molecule has 0 fully saturated rings. The van der Waals surface area contributed by atoms with Crippen LogP contribution in [0.2, 0.25) is 0 Å². The normalized spacial score (nSPS) is 11.4. The van der Waals surface area contributed by atoms with Gasteiger partial charge in [0, 0.05) is 11.2 Å². The van der Waals surface area contributed by atoms with Gasteiger partial charge in [0.25, 0.3) is 0 Å². The van der Waals surface area contributed by atoms with E-state index in [9.17, 15) is 13.2 Å². The molecule has 0 amide bonds. The van der Waals surface area contributed by atoms with Crippen LogP contribution in [-0.4, -0.2) is 37.3 Å². The van der Waals surface area contributed by atoms with Crippen LogP contribution in [0, 0.1) is 0 Å². The fourth-order valence-electron chi connectivity index (χ4n) is 1.27. The monoisotopic (exact) mass is 274 g/mol. The number of carbonyl (C=O) groups is 1. The molecule has 1 N–H and O–H groups in total. The van der Waals surface area contributed by atoms with Gasteiger partial charge in [0.05, 0.1) is 11.3 Å². The molecule has 0 aliphatic rings. The van der Waals surface area contributed by atoms with Gasteiger partial charge in [-0.05, 0) is 24.3 Å². The summed E-state index contributed by atoms with van der Waals surface area (Å²) in [5, 5.41) is 8.94. The van der Waals surface area contributed by atoms with E-state index in [2.05, 4.69) is 0 Å². The van der Waals surface area contributed by atoms with Crippen molar-refractivity contribution in [3.05, 3.63) is 29.8 Å². The lowest BCUT2D eigenvalue weighted by Gasteiger charge is -2.04. The molecule has 1 aromatic carbocycles. The number of hydrogen-bond acceptors (Lipinski definition) is 4. The Bertz CT molecular complexity index is 494. The summed E-state index contributed by atoms with van der Waals surface area (Å²) in [6.07, 6.45) is 1.72. The Morgan fingerprint density at radius 1 is 1.35 bits per heavy atom. The summed E-state index contributed by atoms with van der Waals surface area (Å²) in [5.41, 5.74) is 0.261. The molecule has 0 aromatic heterocycles. The van der Waals surface area contributed by atoms with E-state index >= 15 is 0 Å². The fraction of sp³-hybridized carbons (Fsp3) is 0.364. The average Bonchev–Trinajstić information content (AvgIpc) is 2.23. The van der Waals surface area contributed by atoms with Gasteiger partial charge in [0.2, 0.25) is 0 Å².